The third-order valence-corrected chi connectivity index (χ3v) is 5.30. The van der Waals surface area contributed by atoms with Crippen molar-refractivity contribution in [2.45, 2.75) is 38.1 Å². The summed E-state index contributed by atoms with van der Waals surface area (Å²) in [5, 5.41) is 3.03. The Morgan fingerprint density at radius 1 is 1.43 bits per heavy atom. The van der Waals surface area contributed by atoms with Crippen LogP contribution in [0.2, 0.25) is 0 Å². The number of anilines is 1. The molecule has 120 valence electrons. The van der Waals surface area contributed by atoms with Gasteiger partial charge in [0.1, 0.15) is 5.82 Å². The second-order valence-electron chi connectivity index (χ2n) is 4.77. The first-order valence-electron chi connectivity index (χ1n) is 7.18. The second kappa shape index (κ2) is 8.31. The molecule has 1 atom stereocenters. The van der Waals surface area contributed by atoms with Crippen molar-refractivity contribution in [3.05, 3.63) is 18.3 Å². The number of ether oxygens (including phenoxy) is 1. The lowest BCUT2D eigenvalue weighted by molar-refractivity contribution is 0.167. The maximum atomic E-state index is 12.8. The van der Waals surface area contributed by atoms with E-state index < -0.39 is 10.0 Å². The van der Waals surface area contributed by atoms with Crippen LogP contribution in [0.15, 0.2) is 23.2 Å². The van der Waals surface area contributed by atoms with E-state index in [2.05, 4.69) is 10.3 Å². The van der Waals surface area contributed by atoms with Gasteiger partial charge in [0.15, 0.2) is 0 Å². The van der Waals surface area contributed by atoms with E-state index in [-0.39, 0.29) is 10.9 Å². The van der Waals surface area contributed by atoms with Gasteiger partial charge in [-0.25, -0.2) is 13.4 Å². The van der Waals surface area contributed by atoms with E-state index in [1.165, 1.54) is 16.6 Å². The van der Waals surface area contributed by atoms with Gasteiger partial charge in [-0.2, -0.15) is 4.31 Å². The van der Waals surface area contributed by atoms with Crippen LogP contribution in [0.5, 0.6) is 0 Å². The largest absolute Gasteiger partial charge is 0.383 e. The molecule has 0 aliphatic heterocycles. The SMILES string of the molecule is CCNc1cc(S(=O)(=O)N(CCOC)C(C)CC)ccn1. The third kappa shape index (κ3) is 4.66. The zero-order chi connectivity index (χ0) is 15.9. The van der Waals surface area contributed by atoms with Gasteiger partial charge in [-0.05, 0) is 26.3 Å². The quantitative estimate of drug-likeness (QED) is 0.754. The van der Waals surface area contributed by atoms with Gasteiger partial charge in [0.05, 0.1) is 11.5 Å². The molecule has 0 amide bonds. The fourth-order valence-corrected chi connectivity index (χ4v) is 3.65. The predicted octanol–water partition coefficient (Wildman–Crippen LogP) is 1.95. The average molecular weight is 315 g/mol. The standard InChI is InChI=1S/C14H25N3O3S/c1-5-12(3)17(9-10-20-4)21(18,19)13-7-8-16-14(11-13)15-6-2/h7-8,11-12H,5-6,9-10H2,1-4H3,(H,15,16). The lowest BCUT2D eigenvalue weighted by Gasteiger charge is -2.27. The van der Waals surface area contributed by atoms with Crippen LogP contribution in [-0.2, 0) is 14.8 Å². The molecule has 1 aromatic heterocycles. The summed E-state index contributed by atoms with van der Waals surface area (Å²) in [7, 11) is -1.99. The third-order valence-electron chi connectivity index (χ3n) is 3.29. The van der Waals surface area contributed by atoms with E-state index in [1.807, 2.05) is 20.8 Å². The number of methoxy groups -OCH3 is 1. The highest BCUT2D eigenvalue weighted by atomic mass is 32.2. The summed E-state index contributed by atoms with van der Waals surface area (Å²) < 4.78 is 32.1. The zero-order valence-corrected chi connectivity index (χ0v) is 14.0. The summed E-state index contributed by atoms with van der Waals surface area (Å²) in [5.41, 5.74) is 0. The van der Waals surface area contributed by atoms with E-state index >= 15 is 0 Å². The van der Waals surface area contributed by atoms with Crippen molar-refractivity contribution >= 4 is 15.8 Å². The highest BCUT2D eigenvalue weighted by Crippen LogP contribution is 2.21. The summed E-state index contributed by atoms with van der Waals surface area (Å²) in [5.74, 6) is 0.564. The molecule has 0 saturated heterocycles. The van der Waals surface area contributed by atoms with Crippen LogP contribution < -0.4 is 5.32 Å². The maximum Gasteiger partial charge on any atom is 0.243 e. The van der Waals surface area contributed by atoms with Gasteiger partial charge < -0.3 is 10.1 Å². The lowest BCUT2D eigenvalue weighted by Crippen LogP contribution is -2.40. The second-order valence-corrected chi connectivity index (χ2v) is 6.66. The molecule has 0 radical (unpaired) electrons. The van der Waals surface area contributed by atoms with E-state index in [9.17, 15) is 8.42 Å². The number of hydrogen-bond donors (Lipinski definition) is 1. The number of sulfonamides is 1. The molecule has 0 aliphatic carbocycles. The lowest BCUT2D eigenvalue weighted by atomic mass is 10.3. The Balaban J connectivity index is 3.12. The highest BCUT2D eigenvalue weighted by molar-refractivity contribution is 7.89. The van der Waals surface area contributed by atoms with Crippen LogP contribution in [-0.4, -0.2) is 50.6 Å². The van der Waals surface area contributed by atoms with Gasteiger partial charge in [0, 0.05) is 38.5 Å². The van der Waals surface area contributed by atoms with E-state index in [0.29, 0.717) is 25.5 Å². The van der Waals surface area contributed by atoms with Crippen molar-refractivity contribution in [3.8, 4) is 0 Å². The van der Waals surface area contributed by atoms with Crippen LogP contribution in [0.25, 0.3) is 0 Å². The molecule has 0 aromatic carbocycles. The summed E-state index contributed by atoms with van der Waals surface area (Å²) in [6.07, 6.45) is 2.25. The Morgan fingerprint density at radius 3 is 2.71 bits per heavy atom. The molecule has 21 heavy (non-hydrogen) atoms. The number of aromatic nitrogens is 1. The van der Waals surface area contributed by atoms with Crippen molar-refractivity contribution in [2.24, 2.45) is 0 Å². The Bertz CT molecular complexity index is 534. The van der Waals surface area contributed by atoms with Gasteiger partial charge in [0.25, 0.3) is 0 Å². The molecular weight excluding hydrogens is 290 g/mol. The Morgan fingerprint density at radius 2 is 2.14 bits per heavy atom. The van der Waals surface area contributed by atoms with Gasteiger partial charge in [-0.15, -0.1) is 0 Å². The average Bonchev–Trinajstić information content (AvgIpc) is 2.47. The molecule has 1 rings (SSSR count). The maximum absolute atomic E-state index is 12.8. The molecule has 1 unspecified atom stereocenters. The Kier molecular flexibility index (Phi) is 7.07. The van der Waals surface area contributed by atoms with Crippen molar-refractivity contribution in [1.29, 1.82) is 0 Å². The van der Waals surface area contributed by atoms with Crippen LogP contribution in [0, 0.1) is 0 Å². The normalized spacial score (nSPS) is 13.4. The summed E-state index contributed by atoms with van der Waals surface area (Å²) in [6.45, 7) is 7.21. The molecule has 0 spiro atoms. The number of nitrogens with one attached hydrogen (secondary N) is 1. The first kappa shape index (κ1) is 17.9. The molecule has 1 N–H and O–H groups in total. The fraction of sp³-hybridized carbons (Fsp3) is 0.643. The van der Waals surface area contributed by atoms with Gasteiger partial charge in [-0.3, -0.25) is 0 Å². The molecule has 1 aromatic rings. The number of pyridine rings is 1. The first-order valence-corrected chi connectivity index (χ1v) is 8.62. The molecule has 1 heterocycles. The number of hydrogen-bond acceptors (Lipinski definition) is 5. The van der Waals surface area contributed by atoms with Crippen molar-refractivity contribution in [2.75, 3.05) is 32.1 Å². The van der Waals surface area contributed by atoms with Crippen LogP contribution in [0.4, 0.5) is 5.82 Å². The molecule has 0 aliphatic rings. The molecule has 7 heteroatoms. The Hall–Kier alpha value is -1.18. The zero-order valence-electron chi connectivity index (χ0n) is 13.2. The fourth-order valence-electron chi connectivity index (χ4n) is 1.95. The molecule has 0 saturated carbocycles. The van der Waals surface area contributed by atoms with Crippen LogP contribution >= 0.6 is 0 Å². The molecule has 0 fully saturated rings. The van der Waals surface area contributed by atoms with Gasteiger partial charge in [-0.1, -0.05) is 6.92 Å². The smallest absolute Gasteiger partial charge is 0.243 e. The highest BCUT2D eigenvalue weighted by Gasteiger charge is 2.28. The first-order chi connectivity index (χ1) is 9.97. The topological polar surface area (TPSA) is 71.5 Å². The minimum atomic E-state index is -3.55. The summed E-state index contributed by atoms with van der Waals surface area (Å²) >= 11 is 0. The molecule has 0 bridgehead atoms. The summed E-state index contributed by atoms with van der Waals surface area (Å²) in [4.78, 5) is 4.36. The minimum absolute atomic E-state index is 0.0825. The Labute approximate surface area is 127 Å². The molecule has 6 nitrogen and oxygen atoms in total. The van der Waals surface area contributed by atoms with Crippen molar-refractivity contribution in [3.63, 3.8) is 0 Å². The minimum Gasteiger partial charge on any atom is -0.383 e. The van der Waals surface area contributed by atoms with Crippen LogP contribution in [0.1, 0.15) is 27.2 Å². The van der Waals surface area contributed by atoms with E-state index in [0.717, 1.165) is 6.42 Å². The van der Waals surface area contributed by atoms with Crippen molar-refractivity contribution in [1.82, 2.24) is 9.29 Å². The number of rotatable bonds is 9. The van der Waals surface area contributed by atoms with Crippen molar-refractivity contribution < 1.29 is 13.2 Å². The van der Waals surface area contributed by atoms with E-state index in [4.69, 9.17) is 4.74 Å². The molecular formula is C14H25N3O3S. The summed E-state index contributed by atoms with van der Waals surface area (Å²) in [6, 6.07) is 3.01. The predicted molar refractivity (Wildman–Crippen MR) is 83.9 cm³/mol. The van der Waals surface area contributed by atoms with Gasteiger partial charge >= 0.3 is 0 Å². The number of nitrogens with zero attached hydrogens (tertiary/aromatic N) is 2. The van der Waals surface area contributed by atoms with Crippen LogP contribution in [0.3, 0.4) is 0 Å². The van der Waals surface area contributed by atoms with Gasteiger partial charge in [0.2, 0.25) is 10.0 Å². The monoisotopic (exact) mass is 315 g/mol. The van der Waals surface area contributed by atoms with E-state index in [1.54, 1.807) is 13.2 Å².